The Morgan fingerprint density at radius 2 is 1.96 bits per heavy atom. The van der Waals surface area contributed by atoms with E-state index in [2.05, 4.69) is 58.2 Å². The normalized spacial score (nSPS) is 18.1. The highest BCUT2D eigenvalue weighted by molar-refractivity contribution is 5.79. The van der Waals surface area contributed by atoms with Crippen molar-refractivity contribution >= 4 is 5.96 Å². The third-order valence-electron chi connectivity index (χ3n) is 5.05. The molecule has 1 aromatic carbocycles. The highest BCUT2D eigenvalue weighted by Crippen LogP contribution is 2.25. The summed E-state index contributed by atoms with van der Waals surface area (Å²) < 4.78 is 11.0. The van der Waals surface area contributed by atoms with Gasteiger partial charge in [0.2, 0.25) is 0 Å². The highest BCUT2D eigenvalue weighted by atomic mass is 16.5. The predicted molar refractivity (Wildman–Crippen MR) is 111 cm³/mol. The van der Waals surface area contributed by atoms with Gasteiger partial charge in [0.05, 0.1) is 0 Å². The summed E-state index contributed by atoms with van der Waals surface area (Å²) in [5.74, 6) is 0.839. The minimum atomic E-state index is -0.00352. The second kappa shape index (κ2) is 12.0. The van der Waals surface area contributed by atoms with Gasteiger partial charge in [-0.3, -0.25) is 4.99 Å². The molecule has 1 atom stereocenters. The number of nitrogens with zero attached hydrogens (tertiary/aromatic N) is 1. The van der Waals surface area contributed by atoms with Crippen LogP contribution < -0.4 is 16.0 Å². The Bertz CT molecular complexity index is 544. The van der Waals surface area contributed by atoms with Crippen molar-refractivity contribution in [3.63, 3.8) is 0 Å². The van der Waals surface area contributed by atoms with Crippen molar-refractivity contribution in [1.29, 1.82) is 0 Å². The molecule has 0 aromatic heterocycles. The molecule has 0 saturated carbocycles. The largest absolute Gasteiger partial charge is 0.382 e. The Hall–Kier alpha value is -1.63. The Kier molecular flexibility index (Phi) is 9.59. The number of rotatable bonds is 10. The number of hydrogen-bond acceptors (Lipinski definition) is 4. The van der Waals surface area contributed by atoms with E-state index in [1.54, 1.807) is 0 Å². The molecule has 6 nitrogen and oxygen atoms in total. The minimum Gasteiger partial charge on any atom is -0.382 e. The smallest absolute Gasteiger partial charge is 0.191 e. The molecule has 1 aliphatic rings. The SMILES string of the molecule is CCOCCCNC(=NC)NCC1(NC(C)c2ccccc2)CCOCC1. The molecule has 0 amide bonds. The molecular weight excluding hydrogens is 340 g/mol. The predicted octanol–water partition coefficient (Wildman–Crippen LogP) is 2.48. The van der Waals surface area contributed by atoms with Crippen molar-refractivity contribution in [1.82, 2.24) is 16.0 Å². The number of ether oxygens (including phenoxy) is 2. The molecule has 0 bridgehead atoms. The monoisotopic (exact) mass is 376 g/mol. The highest BCUT2D eigenvalue weighted by Gasteiger charge is 2.34. The quantitative estimate of drug-likeness (QED) is 0.333. The Balaban J connectivity index is 1.89. The second-order valence-electron chi connectivity index (χ2n) is 7.07. The van der Waals surface area contributed by atoms with Gasteiger partial charge in [0.1, 0.15) is 0 Å². The maximum Gasteiger partial charge on any atom is 0.191 e. The third-order valence-corrected chi connectivity index (χ3v) is 5.05. The Morgan fingerprint density at radius 1 is 1.22 bits per heavy atom. The summed E-state index contributed by atoms with van der Waals surface area (Å²) >= 11 is 0. The number of benzene rings is 1. The van der Waals surface area contributed by atoms with Crippen LogP contribution in [0.5, 0.6) is 0 Å². The first-order chi connectivity index (χ1) is 13.2. The molecule has 0 aliphatic carbocycles. The van der Waals surface area contributed by atoms with Crippen LogP contribution >= 0.6 is 0 Å². The van der Waals surface area contributed by atoms with Crippen LogP contribution in [0.4, 0.5) is 0 Å². The van der Waals surface area contributed by atoms with E-state index in [9.17, 15) is 0 Å². The van der Waals surface area contributed by atoms with E-state index in [-0.39, 0.29) is 11.6 Å². The molecule has 1 aromatic rings. The van der Waals surface area contributed by atoms with E-state index in [4.69, 9.17) is 9.47 Å². The van der Waals surface area contributed by atoms with Crippen molar-refractivity contribution in [2.75, 3.05) is 46.6 Å². The van der Waals surface area contributed by atoms with Gasteiger partial charge in [-0.15, -0.1) is 0 Å². The molecule has 3 N–H and O–H groups in total. The zero-order valence-electron chi connectivity index (χ0n) is 17.1. The first kappa shape index (κ1) is 21.7. The molecule has 0 spiro atoms. The molecule has 1 fully saturated rings. The summed E-state index contributed by atoms with van der Waals surface area (Å²) in [5.41, 5.74) is 1.30. The van der Waals surface area contributed by atoms with Crippen molar-refractivity contribution < 1.29 is 9.47 Å². The first-order valence-corrected chi connectivity index (χ1v) is 10.1. The van der Waals surface area contributed by atoms with E-state index in [1.807, 2.05) is 14.0 Å². The molecule has 1 unspecified atom stereocenters. The topological polar surface area (TPSA) is 66.9 Å². The van der Waals surface area contributed by atoms with Gasteiger partial charge in [0.25, 0.3) is 0 Å². The van der Waals surface area contributed by atoms with Gasteiger partial charge in [0, 0.05) is 58.1 Å². The van der Waals surface area contributed by atoms with Gasteiger partial charge < -0.3 is 25.4 Å². The maximum atomic E-state index is 5.62. The Labute approximate surface area is 164 Å². The maximum absolute atomic E-state index is 5.62. The number of aliphatic imine (C=N–C) groups is 1. The lowest BCUT2D eigenvalue weighted by molar-refractivity contribution is 0.0355. The van der Waals surface area contributed by atoms with E-state index in [0.717, 1.165) is 64.7 Å². The summed E-state index contributed by atoms with van der Waals surface area (Å²) in [5, 5.41) is 10.7. The lowest BCUT2D eigenvalue weighted by Gasteiger charge is -2.41. The fourth-order valence-corrected chi connectivity index (χ4v) is 3.42. The number of guanidine groups is 1. The van der Waals surface area contributed by atoms with E-state index >= 15 is 0 Å². The lowest BCUT2D eigenvalue weighted by atomic mass is 9.88. The molecule has 1 saturated heterocycles. The number of nitrogens with one attached hydrogen (secondary N) is 3. The molecule has 1 aliphatic heterocycles. The summed E-state index contributed by atoms with van der Waals surface area (Å²) in [6, 6.07) is 10.9. The number of hydrogen-bond donors (Lipinski definition) is 3. The first-order valence-electron chi connectivity index (χ1n) is 10.1. The van der Waals surface area contributed by atoms with Gasteiger partial charge in [-0.05, 0) is 38.7 Å². The summed E-state index contributed by atoms with van der Waals surface area (Å²) in [6.07, 6.45) is 2.94. The van der Waals surface area contributed by atoms with E-state index < -0.39 is 0 Å². The van der Waals surface area contributed by atoms with Gasteiger partial charge >= 0.3 is 0 Å². The van der Waals surface area contributed by atoms with Crippen LogP contribution in [0, 0.1) is 0 Å². The Morgan fingerprint density at radius 3 is 2.63 bits per heavy atom. The lowest BCUT2D eigenvalue weighted by Crippen LogP contribution is -2.58. The van der Waals surface area contributed by atoms with Crippen molar-refractivity contribution in [2.45, 2.75) is 44.7 Å². The third kappa shape index (κ3) is 7.48. The van der Waals surface area contributed by atoms with Crippen molar-refractivity contribution in [3.05, 3.63) is 35.9 Å². The van der Waals surface area contributed by atoms with Crippen LogP contribution in [-0.2, 0) is 9.47 Å². The summed E-state index contributed by atoms with van der Waals surface area (Å²) in [4.78, 5) is 4.35. The van der Waals surface area contributed by atoms with Gasteiger partial charge in [-0.25, -0.2) is 0 Å². The van der Waals surface area contributed by atoms with Crippen LogP contribution in [0.25, 0.3) is 0 Å². The zero-order valence-corrected chi connectivity index (χ0v) is 17.1. The summed E-state index contributed by atoms with van der Waals surface area (Å²) in [6.45, 7) is 9.04. The van der Waals surface area contributed by atoms with Crippen LogP contribution in [0.15, 0.2) is 35.3 Å². The van der Waals surface area contributed by atoms with Crippen molar-refractivity contribution in [2.24, 2.45) is 4.99 Å². The molecule has 6 heteroatoms. The van der Waals surface area contributed by atoms with Crippen LogP contribution in [0.3, 0.4) is 0 Å². The van der Waals surface area contributed by atoms with Gasteiger partial charge in [-0.2, -0.15) is 0 Å². The molecule has 1 heterocycles. The van der Waals surface area contributed by atoms with Crippen molar-refractivity contribution in [3.8, 4) is 0 Å². The van der Waals surface area contributed by atoms with Crippen LogP contribution in [0.2, 0.25) is 0 Å². The standard InChI is InChI=1S/C21H36N4O2/c1-4-26-14-8-13-23-20(22-3)24-17-21(11-15-27-16-12-21)25-18(2)19-9-6-5-7-10-19/h5-7,9-10,18,25H,4,8,11-17H2,1-3H3,(H2,22,23,24). The summed E-state index contributed by atoms with van der Waals surface area (Å²) in [7, 11) is 1.81. The molecule has 152 valence electrons. The average molecular weight is 377 g/mol. The van der Waals surface area contributed by atoms with E-state index in [0.29, 0.717) is 0 Å². The molecule has 27 heavy (non-hydrogen) atoms. The van der Waals surface area contributed by atoms with E-state index in [1.165, 1.54) is 5.56 Å². The minimum absolute atomic E-state index is 0.00352. The zero-order chi connectivity index (χ0) is 19.4. The fraction of sp³-hybridized carbons (Fsp3) is 0.667. The fourth-order valence-electron chi connectivity index (χ4n) is 3.42. The van der Waals surface area contributed by atoms with Crippen LogP contribution in [0.1, 0.15) is 44.7 Å². The molecule has 2 rings (SSSR count). The second-order valence-corrected chi connectivity index (χ2v) is 7.07. The average Bonchev–Trinajstić information content (AvgIpc) is 2.71. The van der Waals surface area contributed by atoms with Gasteiger partial charge in [-0.1, -0.05) is 30.3 Å². The van der Waals surface area contributed by atoms with Crippen LogP contribution in [-0.4, -0.2) is 58.1 Å². The molecule has 0 radical (unpaired) electrons. The van der Waals surface area contributed by atoms with Gasteiger partial charge in [0.15, 0.2) is 5.96 Å². The molecular formula is C21H36N4O2.